The van der Waals surface area contributed by atoms with Crippen molar-refractivity contribution in [1.29, 1.82) is 0 Å². The number of nitrogens with two attached hydrogens (primary N) is 1. The molecule has 0 aliphatic rings. The van der Waals surface area contributed by atoms with E-state index in [-0.39, 0.29) is 18.3 Å². The number of rotatable bonds is 5. The zero-order valence-corrected chi connectivity index (χ0v) is 11.6. The predicted molar refractivity (Wildman–Crippen MR) is 72.0 cm³/mol. The molecule has 0 fully saturated rings. The number of carbonyl (C=O) groups excluding carboxylic acids is 1. The average molecular weight is 326 g/mol. The van der Waals surface area contributed by atoms with Gasteiger partial charge in [-0.15, -0.1) is 12.4 Å². The van der Waals surface area contributed by atoms with Crippen molar-refractivity contribution in [1.82, 2.24) is 5.32 Å². The van der Waals surface area contributed by atoms with Crippen molar-refractivity contribution in [3.05, 3.63) is 34.1 Å². The number of unbranched alkanes of at least 4 members (excludes halogenated alkanes) is 1. The molecule has 0 aromatic heterocycles. The van der Waals surface area contributed by atoms with E-state index in [1.54, 1.807) is 0 Å². The van der Waals surface area contributed by atoms with E-state index >= 15 is 0 Å². The first-order valence-corrected chi connectivity index (χ1v) is 5.87. The van der Waals surface area contributed by atoms with Gasteiger partial charge in [-0.1, -0.05) is 0 Å². The van der Waals surface area contributed by atoms with Gasteiger partial charge in [-0.2, -0.15) is 0 Å². The molecule has 0 spiro atoms. The monoisotopic (exact) mass is 324 g/mol. The van der Waals surface area contributed by atoms with Crippen LogP contribution in [0.25, 0.3) is 0 Å². The van der Waals surface area contributed by atoms with Gasteiger partial charge in [0.25, 0.3) is 5.91 Å². The van der Waals surface area contributed by atoms with Crippen LogP contribution in [0, 0.1) is 5.82 Å². The zero-order valence-electron chi connectivity index (χ0n) is 9.21. The Balaban J connectivity index is 0.00000256. The van der Waals surface area contributed by atoms with Crippen molar-refractivity contribution in [3.8, 4) is 0 Å². The first kappa shape index (κ1) is 16.4. The summed E-state index contributed by atoms with van der Waals surface area (Å²) >= 11 is 3.21. The van der Waals surface area contributed by atoms with Gasteiger partial charge >= 0.3 is 0 Å². The Kier molecular flexibility index (Phi) is 8.12. The number of carbonyl (C=O) groups is 1. The van der Waals surface area contributed by atoms with E-state index in [0.717, 1.165) is 12.8 Å². The molecule has 1 amide bonds. The van der Waals surface area contributed by atoms with Gasteiger partial charge in [-0.3, -0.25) is 4.79 Å². The van der Waals surface area contributed by atoms with Gasteiger partial charge in [0.1, 0.15) is 5.82 Å². The van der Waals surface area contributed by atoms with Gasteiger partial charge in [0.2, 0.25) is 0 Å². The van der Waals surface area contributed by atoms with E-state index < -0.39 is 5.82 Å². The van der Waals surface area contributed by atoms with E-state index in [9.17, 15) is 9.18 Å². The lowest BCUT2D eigenvalue weighted by atomic mass is 10.2. The molecule has 0 atom stereocenters. The average Bonchev–Trinajstić information content (AvgIpc) is 2.27. The Labute approximate surface area is 114 Å². The minimum atomic E-state index is -0.421. The van der Waals surface area contributed by atoms with Crippen molar-refractivity contribution in [2.24, 2.45) is 5.73 Å². The lowest BCUT2D eigenvalue weighted by molar-refractivity contribution is 0.0952. The molecule has 3 N–H and O–H groups in total. The third-order valence-corrected chi connectivity index (χ3v) is 2.78. The highest BCUT2D eigenvalue weighted by atomic mass is 79.9. The van der Waals surface area contributed by atoms with Crippen molar-refractivity contribution < 1.29 is 9.18 Å². The fourth-order valence-corrected chi connectivity index (χ4v) is 1.66. The summed E-state index contributed by atoms with van der Waals surface area (Å²) in [7, 11) is 0. The van der Waals surface area contributed by atoms with Gasteiger partial charge in [-0.25, -0.2) is 4.39 Å². The molecule has 0 heterocycles. The maximum Gasteiger partial charge on any atom is 0.252 e. The summed E-state index contributed by atoms with van der Waals surface area (Å²) in [5.74, 6) is -0.696. The van der Waals surface area contributed by atoms with Crippen LogP contribution in [0.1, 0.15) is 23.2 Å². The summed E-state index contributed by atoms with van der Waals surface area (Å²) in [5.41, 5.74) is 5.64. The third-order valence-electron chi connectivity index (χ3n) is 2.09. The summed E-state index contributed by atoms with van der Waals surface area (Å²) < 4.78 is 13.5. The second kappa shape index (κ2) is 8.44. The fraction of sp³-hybridized carbons (Fsp3) is 0.364. The van der Waals surface area contributed by atoms with Crippen LogP contribution < -0.4 is 11.1 Å². The molecule has 0 aliphatic carbocycles. The molecule has 1 aromatic rings. The highest BCUT2D eigenvalue weighted by molar-refractivity contribution is 9.10. The topological polar surface area (TPSA) is 55.1 Å². The van der Waals surface area contributed by atoms with Gasteiger partial charge < -0.3 is 11.1 Å². The SMILES string of the molecule is Cl.NCCCCNC(=O)c1cc(F)ccc1Br. The highest BCUT2D eigenvalue weighted by Crippen LogP contribution is 2.17. The van der Waals surface area contributed by atoms with Crippen molar-refractivity contribution in [2.45, 2.75) is 12.8 Å². The second-order valence-corrected chi connectivity index (χ2v) is 4.23. The van der Waals surface area contributed by atoms with Crippen molar-refractivity contribution in [3.63, 3.8) is 0 Å². The van der Waals surface area contributed by atoms with Crippen LogP contribution in [0.5, 0.6) is 0 Å². The third kappa shape index (κ3) is 5.48. The predicted octanol–water partition coefficient (Wildman–Crippen LogP) is 2.48. The Morgan fingerprint density at radius 1 is 1.41 bits per heavy atom. The second-order valence-electron chi connectivity index (χ2n) is 3.38. The first-order valence-electron chi connectivity index (χ1n) is 5.08. The molecular formula is C11H15BrClFN2O. The van der Waals surface area contributed by atoms with Gasteiger partial charge in [0.05, 0.1) is 5.56 Å². The molecule has 0 unspecified atom stereocenters. The van der Waals surface area contributed by atoms with Crippen molar-refractivity contribution >= 4 is 34.2 Å². The maximum atomic E-state index is 12.9. The number of benzene rings is 1. The Hall–Kier alpha value is -0.650. The van der Waals surface area contributed by atoms with Crippen LogP contribution in [0.15, 0.2) is 22.7 Å². The Morgan fingerprint density at radius 3 is 2.76 bits per heavy atom. The smallest absolute Gasteiger partial charge is 0.252 e. The summed E-state index contributed by atoms with van der Waals surface area (Å²) in [4.78, 5) is 11.6. The minimum Gasteiger partial charge on any atom is -0.352 e. The number of halogens is 3. The number of nitrogens with one attached hydrogen (secondary N) is 1. The lowest BCUT2D eigenvalue weighted by Crippen LogP contribution is -2.25. The molecule has 0 bridgehead atoms. The van der Waals surface area contributed by atoms with E-state index in [2.05, 4.69) is 21.2 Å². The van der Waals surface area contributed by atoms with Gasteiger partial charge in [-0.05, 0) is 53.5 Å². The largest absolute Gasteiger partial charge is 0.352 e. The van der Waals surface area contributed by atoms with Crippen LogP contribution in [0.4, 0.5) is 4.39 Å². The number of hydrogen-bond acceptors (Lipinski definition) is 2. The molecule has 3 nitrogen and oxygen atoms in total. The van der Waals surface area contributed by atoms with Crippen LogP contribution >= 0.6 is 28.3 Å². The summed E-state index contributed by atoms with van der Waals surface area (Å²) in [6, 6.07) is 4.03. The van der Waals surface area contributed by atoms with Gasteiger partial charge in [0, 0.05) is 11.0 Å². The van der Waals surface area contributed by atoms with Crippen LogP contribution in [0.3, 0.4) is 0 Å². The van der Waals surface area contributed by atoms with E-state index in [4.69, 9.17) is 5.73 Å². The van der Waals surface area contributed by atoms with E-state index in [1.807, 2.05) is 0 Å². The van der Waals surface area contributed by atoms with Crippen LogP contribution in [-0.2, 0) is 0 Å². The highest BCUT2D eigenvalue weighted by Gasteiger charge is 2.10. The number of amides is 1. The standard InChI is InChI=1S/C11H14BrFN2O.ClH/c12-10-4-3-8(13)7-9(10)11(16)15-6-2-1-5-14;/h3-4,7H,1-2,5-6,14H2,(H,15,16);1H. The van der Waals surface area contributed by atoms with E-state index in [0.29, 0.717) is 23.1 Å². The molecule has 96 valence electrons. The molecule has 1 aromatic carbocycles. The normalized spacial score (nSPS) is 9.59. The van der Waals surface area contributed by atoms with Gasteiger partial charge in [0.15, 0.2) is 0 Å². The molecule has 17 heavy (non-hydrogen) atoms. The van der Waals surface area contributed by atoms with E-state index in [1.165, 1.54) is 18.2 Å². The Bertz CT molecular complexity index is 376. The molecule has 6 heteroatoms. The first-order chi connectivity index (χ1) is 7.65. The van der Waals surface area contributed by atoms with Crippen molar-refractivity contribution in [2.75, 3.05) is 13.1 Å². The minimum absolute atomic E-state index is 0. The summed E-state index contributed by atoms with van der Waals surface area (Å²) in [6.07, 6.45) is 1.69. The van der Waals surface area contributed by atoms with Crippen LogP contribution in [-0.4, -0.2) is 19.0 Å². The summed E-state index contributed by atoms with van der Waals surface area (Å²) in [6.45, 7) is 1.17. The molecule has 0 saturated heterocycles. The fourth-order valence-electron chi connectivity index (χ4n) is 1.24. The molecule has 0 saturated carbocycles. The quantitative estimate of drug-likeness (QED) is 0.817. The lowest BCUT2D eigenvalue weighted by Gasteiger charge is -2.06. The molecule has 0 radical (unpaired) electrons. The molecule has 0 aliphatic heterocycles. The maximum absolute atomic E-state index is 12.9. The molecular weight excluding hydrogens is 310 g/mol. The summed E-state index contributed by atoms with van der Waals surface area (Å²) in [5, 5.41) is 2.71. The zero-order chi connectivity index (χ0) is 12.0. The molecule has 1 rings (SSSR count). The number of hydrogen-bond donors (Lipinski definition) is 2. The van der Waals surface area contributed by atoms with Crippen LogP contribution in [0.2, 0.25) is 0 Å². The Morgan fingerprint density at radius 2 is 2.12 bits per heavy atom.